The van der Waals surface area contributed by atoms with Gasteiger partial charge in [-0.15, -0.1) is 0 Å². The molecule has 0 fully saturated rings. The average Bonchev–Trinajstić information content (AvgIpc) is 2.56. The van der Waals surface area contributed by atoms with Crippen LogP contribution in [0.2, 0.25) is 0 Å². The number of rotatable bonds is 5. The molecule has 2 aromatic rings. The van der Waals surface area contributed by atoms with E-state index in [1.165, 1.54) is 5.56 Å². The van der Waals surface area contributed by atoms with Gasteiger partial charge in [-0.05, 0) is 23.3 Å². The van der Waals surface area contributed by atoms with E-state index in [4.69, 9.17) is 0 Å². The molecule has 0 amide bonds. The lowest BCUT2D eigenvalue weighted by molar-refractivity contribution is 0.578. The molecule has 0 saturated heterocycles. The molecule has 122 valence electrons. The topological polar surface area (TPSA) is 44.7 Å². The van der Waals surface area contributed by atoms with E-state index in [0.29, 0.717) is 13.1 Å². The SMILES string of the molecule is CN(C)C(=NCc1ccccc1)NCc1ccc(S(C)=O)cc1. The van der Waals surface area contributed by atoms with Crippen molar-refractivity contribution in [3.8, 4) is 0 Å². The lowest BCUT2D eigenvalue weighted by Crippen LogP contribution is -2.36. The number of aliphatic imine (C=N–C) groups is 1. The van der Waals surface area contributed by atoms with Crippen LogP contribution in [-0.4, -0.2) is 35.4 Å². The molecule has 2 aromatic carbocycles. The normalized spacial score (nSPS) is 12.7. The molecule has 4 nitrogen and oxygen atoms in total. The summed E-state index contributed by atoms with van der Waals surface area (Å²) < 4.78 is 11.4. The Bertz CT molecular complexity index is 666. The van der Waals surface area contributed by atoms with Crippen molar-refractivity contribution in [1.29, 1.82) is 0 Å². The molecule has 0 aliphatic heterocycles. The van der Waals surface area contributed by atoms with E-state index in [9.17, 15) is 4.21 Å². The number of nitrogens with zero attached hydrogens (tertiary/aromatic N) is 2. The zero-order chi connectivity index (χ0) is 16.7. The zero-order valence-corrected chi connectivity index (χ0v) is 14.6. The van der Waals surface area contributed by atoms with Crippen LogP contribution < -0.4 is 5.32 Å². The number of benzene rings is 2. The van der Waals surface area contributed by atoms with Gasteiger partial charge in [0.15, 0.2) is 5.96 Å². The van der Waals surface area contributed by atoms with Crippen molar-refractivity contribution in [3.63, 3.8) is 0 Å². The Morgan fingerprint density at radius 3 is 2.26 bits per heavy atom. The van der Waals surface area contributed by atoms with Crippen LogP contribution >= 0.6 is 0 Å². The van der Waals surface area contributed by atoms with Gasteiger partial charge >= 0.3 is 0 Å². The first-order valence-electron chi connectivity index (χ1n) is 7.48. The summed E-state index contributed by atoms with van der Waals surface area (Å²) in [4.78, 5) is 7.45. The fourth-order valence-corrected chi connectivity index (χ4v) is 2.60. The minimum atomic E-state index is -0.934. The van der Waals surface area contributed by atoms with E-state index in [0.717, 1.165) is 16.4 Å². The molecular formula is C18H23N3OS. The van der Waals surface area contributed by atoms with Crippen LogP contribution in [0.25, 0.3) is 0 Å². The molecule has 5 heteroatoms. The highest BCUT2D eigenvalue weighted by Gasteiger charge is 2.03. The second-order valence-electron chi connectivity index (χ2n) is 5.47. The van der Waals surface area contributed by atoms with Gasteiger partial charge in [0.25, 0.3) is 0 Å². The largest absolute Gasteiger partial charge is 0.352 e. The van der Waals surface area contributed by atoms with Crippen molar-refractivity contribution < 1.29 is 4.21 Å². The molecule has 0 aliphatic rings. The van der Waals surface area contributed by atoms with E-state index < -0.39 is 10.8 Å². The van der Waals surface area contributed by atoms with Crippen LogP contribution in [0.3, 0.4) is 0 Å². The number of guanidine groups is 1. The van der Waals surface area contributed by atoms with Crippen molar-refractivity contribution >= 4 is 16.8 Å². The van der Waals surface area contributed by atoms with Crippen molar-refractivity contribution in [1.82, 2.24) is 10.2 Å². The van der Waals surface area contributed by atoms with Gasteiger partial charge in [0, 0.05) is 42.6 Å². The number of nitrogens with one attached hydrogen (secondary N) is 1. The summed E-state index contributed by atoms with van der Waals surface area (Å²) in [5.74, 6) is 0.844. The molecule has 0 saturated carbocycles. The van der Waals surface area contributed by atoms with Gasteiger partial charge in [0.1, 0.15) is 0 Å². The Kier molecular flexibility index (Phi) is 6.35. The molecule has 0 aliphatic carbocycles. The highest BCUT2D eigenvalue weighted by Crippen LogP contribution is 2.07. The predicted molar refractivity (Wildman–Crippen MR) is 96.9 cm³/mol. The fraction of sp³-hybridized carbons (Fsp3) is 0.278. The molecule has 0 heterocycles. The van der Waals surface area contributed by atoms with E-state index in [2.05, 4.69) is 22.4 Å². The molecule has 1 unspecified atom stereocenters. The maximum absolute atomic E-state index is 11.4. The third-order valence-electron chi connectivity index (χ3n) is 3.38. The Hall–Kier alpha value is -2.14. The van der Waals surface area contributed by atoms with Crippen LogP contribution in [0, 0.1) is 0 Å². The Balaban J connectivity index is 1.98. The lowest BCUT2D eigenvalue weighted by Gasteiger charge is -2.18. The highest BCUT2D eigenvalue weighted by atomic mass is 32.2. The van der Waals surface area contributed by atoms with E-state index in [1.54, 1.807) is 6.26 Å². The molecule has 23 heavy (non-hydrogen) atoms. The first-order chi connectivity index (χ1) is 11.1. The summed E-state index contributed by atoms with van der Waals surface area (Å²) in [6, 6.07) is 18.0. The summed E-state index contributed by atoms with van der Waals surface area (Å²) in [6.45, 7) is 1.33. The van der Waals surface area contributed by atoms with Gasteiger partial charge in [-0.25, -0.2) is 4.99 Å². The maximum atomic E-state index is 11.4. The van der Waals surface area contributed by atoms with Crippen molar-refractivity contribution in [2.24, 2.45) is 4.99 Å². The molecule has 0 bridgehead atoms. The van der Waals surface area contributed by atoms with Gasteiger partial charge in [0.2, 0.25) is 0 Å². The minimum Gasteiger partial charge on any atom is -0.352 e. The number of hydrogen-bond acceptors (Lipinski definition) is 2. The molecular weight excluding hydrogens is 306 g/mol. The van der Waals surface area contributed by atoms with Gasteiger partial charge in [-0.1, -0.05) is 42.5 Å². The minimum absolute atomic E-state index is 0.648. The Morgan fingerprint density at radius 1 is 1.04 bits per heavy atom. The van der Waals surface area contributed by atoms with Crippen molar-refractivity contribution in [2.75, 3.05) is 20.4 Å². The molecule has 1 atom stereocenters. The third kappa shape index (κ3) is 5.53. The molecule has 0 aromatic heterocycles. The van der Waals surface area contributed by atoms with Crippen LogP contribution in [0.15, 0.2) is 64.5 Å². The van der Waals surface area contributed by atoms with Crippen LogP contribution in [-0.2, 0) is 23.9 Å². The van der Waals surface area contributed by atoms with Gasteiger partial charge < -0.3 is 10.2 Å². The molecule has 0 spiro atoms. The standard InChI is InChI=1S/C18H23N3OS/c1-21(2)18(19-13-15-7-5-4-6-8-15)20-14-16-9-11-17(12-10-16)23(3)22/h4-12H,13-14H2,1-3H3,(H,19,20). The smallest absolute Gasteiger partial charge is 0.194 e. The molecule has 0 radical (unpaired) electrons. The van der Waals surface area contributed by atoms with E-state index >= 15 is 0 Å². The first kappa shape index (κ1) is 17.2. The number of hydrogen-bond donors (Lipinski definition) is 1. The first-order valence-corrected chi connectivity index (χ1v) is 9.04. The van der Waals surface area contributed by atoms with Crippen LogP contribution in [0.1, 0.15) is 11.1 Å². The quantitative estimate of drug-likeness (QED) is 0.677. The molecule has 1 N–H and O–H groups in total. The third-order valence-corrected chi connectivity index (χ3v) is 4.32. The maximum Gasteiger partial charge on any atom is 0.194 e. The monoisotopic (exact) mass is 329 g/mol. The average molecular weight is 329 g/mol. The van der Waals surface area contributed by atoms with Gasteiger partial charge in [0.05, 0.1) is 6.54 Å². The Morgan fingerprint density at radius 2 is 1.70 bits per heavy atom. The van der Waals surface area contributed by atoms with E-state index in [1.807, 2.05) is 61.5 Å². The van der Waals surface area contributed by atoms with Crippen LogP contribution in [0.4, 0.5) is 0 Å². The fourth-order valence-electron chi connectivity index (χ4n) is 2.09. The lowest BCUT2D eigenvalue weighted by atomic mass is 10.2. The molecule has 2 rings (SSSR count). The van der Waals surface area contributed by atoms with Gasteiger partial charge in [-0.2, -0.15) is 0 Å². The van der Waals surface area contributed by atoms with E-state index in [-0.39, 0.29) is 0 Å². The second kappa shape index (κ2) is 8.48. The summed E-state index contributed by atoms with van der Waals surface area (Å²) in [6.07, 6.45) is 1.69. The summed E-state index contributed by atoms with van der Waals surface area (Å²) in [7, 11) is 3.01. The zero-order valence-electron chi connectivity index (χ0n) is 13.8. The van der Waals surface area contributed by atoms with Crippen molar-refractivity contribution in [2.45, 2.75) is 18.0 Å². The Labute approximate surface area is 140 Å². The summed E-state index contributed by atoms with van der Waals surface area (Å²) >= 11 is 0. The summed E-state index contributed by atoms with van der Waals surface area (Å²) in [5, 5.41) is 3.35. The van der Waals surface area contributed by atoms with Gasteiger partial charge in [-0.3, -0.25) is 4.21 Å². The van der Waals surface area contributed by atoms with Crippen molar-refractivity contribution in [3.05, 3.63) is 65.7 Å². The van der Waals surface area contributed by atoms with Crippen LogP contribution in [0.5, 0.6) is 0 Å². The predicted octanol–water partition coefficient (Wildman–Crippen LogP) is 2.63. The second-order valence-corrected chi connectivity index (χ2v) is 6.85. The summed E-state index contributed by atoms with van der Waals surface area (Å²) in [5.41, 5.74) is 2.32. The highest BCUT2D eigenvalue weighted by molar-refractivity contribution is 7.84.